The van der Waals surface area contributed by atoms with Gasteiger partial charge in [0.1, 0.15) is 11.8 Å². The van der Waals surface area contributed by atoms with Crippen molar-refractivity contribution in [2.75, 3.05) is 10.6 Å². The van der Waals surface area contributed by atoms with Gasteiger partial charge in [-0.25, -0.2) is 9.37 Å². The fourth-order valence-corrected chi connectivity index (χ4v) is 4.14. The maximum absolute atomic E-state index is 13.8. The molecule has 2 aromatic carbocycles. The largest absolute Gasteiger partial charge is 0.373 e. The predicted molar refractivity (Wildman–Crippen MR) is 132 cm³/mol. The summed E-state index contributed by atoms with van der Waals surface area (Å²) in [7, 11) is 0. The van der Waals surface area contributed by atoms with E-state index in [-0.39, 0.29) is 22.0 Å². The lowest BCUT2D eigenvalue weighted by Gasteiger charge is -2.20. The average molecular weight is 514 g/mol. The summed E-state index contributed by atoms with van der Waals surface area (Å²) in [4.78, 5) is 7.68. The molecular weight excluding hydrogens is 500 g/mol. The van der Waals surface area contributed by atoms with Crippen LogP contribution in [0.3, 0.4) is 0 Å². The second-order valence-corrected chi connectivity index (χ2v) is 8.22. The SMILES string of the molecule is N#Cc1ccccc1[C@H](Nc1cc(Cl)c2ncc(C#N)c(Nc3cnc(F)c(F)c3)c2c1)c1c[nH]nn1. The van der Waals surface area contributed by atoms with Crippen LogP contribution >= 0.6 is 11.6 Å². The van der Waals surface area contributed by atoms with E-state index in [2.05, 4.69) is 42.1 Å². The van der Waals surface area contributed by atoms with Gasteiger partial charge in [0.25, 0.3) is 0 Å². The van der Waals surface area contributed by atoms with Crippen molar-refractivity contribution in [1.29, 1.82) is 10.5 Å². The van der Waals surface area contributed by atoms with E-state index in [4.69, 9.17) is 11.6 Å². The van der Waals surface area contributed by atoms with E-state index >= 15 is 0 Å². The molecule has 5 rings (SSSR count). The Morgan fingerprint density at radius 3 is 2.51 bits per heavy atom. The van der Waals surface area contributed by atoms with E-state index in [0.29, 0.717) is 33.4 Å². The topological polar surface area (TPSA) is 139 Å². The van der Waals surface area contributed by atoms with Crippen molar-refractivity contribution in [3.63, 3.8) is 0 Å². The summed E-state index contributed by atoms with van der Waals surface area (Å²) in [5, 5.41) is 36.9. The number of halogens is 3. The summed E-state index contributed by atoms with van der Waals surface area (Å²) in [5.74, 6) is -2.38. The fourth-order valence-electron chi connectivity index (χ4n) is 3.88. The van der Waals surface area contributed by atoms with Crippen LogP contribution in [0, 0.1) is 34.4 Å². The van der Waals surface area contributed by atoms with Crippen LogP contribution in [0.4, 0.5) is 25.8 Å². The highest BCUT2D eigenvalue weighted by Gasteiger charge is 2.21. The molecule has 0 unspecified atom stereocenters. The van der Waals surface area contributed by atoms with Crippen molar-refractivity contribution in [1.82, 2.24) is 25.4 Å². The Bertz CT molecular complexity index is 1710. The highest BCUT2D eigenvalue weighted by Crippen LogP contribution is 2.37. The Balaban J connectivity index is 1.64. The van der Waals surface area contributed by atoms with Gasteiger partial charge in [-0.05, 0) is 23.8 Å². The molecule has 3 aromatic heterocycles. The van der Waals surface area contributed by atoms with E-state index < -0.39 is 17.8 Å². The van der Waals surface area contributed by atoms with Gasteiger partial charge in [-0.1, -0.05) is 35.0 Å². The average Bonchev–Trinajstić information content (AvgIpc) is 3.44. The predicted octanol–water partition coefficient (Wildman–Crippen LogP) is 5.37. The van der Waals surface area contributed by atoms with Crippen molar-refractivity contribution in [2.24, 2.45) is 0 Å². The first kappa shape index (κ1) is 23.6. The van der Waals surface area contributed by atoms with E-state index in [9.17, 15) is 19.3 Å². The normalized spacial score (nSPS) is 11.5. The van der Waals surface area contributed by atoms with Gasteiger partial charge in [-0.15, -0.1) is 5.10 Å². The molecule has 0 aliphatic heterocycles. The molecule has 5 aromatic rings. The maximum atomic E-state index is 13.8. The first-order valence-electron chi connectivity index (χ1n) is 10.7. The van der Waals surface area contributed by atoms with Crippen molar-refractivity contribution in [2.45, 2.75) is 6.04 Å². The lowest BCUT2D eigenvalue weighted by atomic mass is 9.98. The van der Waals surface area contributed by atoms with Gasteiger partial charge in [0.15, 0.2) is 5.82 Å². The van der Waals surface area contributed by atoms with Crippen LogP contribution in [-0.2, 0) is 0 Å². The zero-order valence-corrected chi connectivity index (χ0v) is 19.4. The number of hydrogen-bond acceptors (Lipinski definition) is 8. The smallest absolute Gasteiger partial charge is 0.249 e. The quantitative estimate of drug-likeness (QED) is 0.257. The van der Waals surface area contributed by atoms with Crippen LogP contribution in [-0.4, -0.2) is 25.4 Å². The number of benzene rings is 2. The van der Waals surface area contributed by atoms with Crippen LogP contribution in [0.5, 0.6) is 0 Å². The molecule has 3 heterocycles. The van der Waals surface area contributed by atoms with Gasteiger partial charge >= 0.3 is 0 Å². The molecule has 9 nitrogen and oxygen atoms in total. The number of fused-ring (bicyclic) bond motifs is 1. The third-order valence-corrected chi connectivity index (χ3v) is 5.83. The molecule has 0 bridgehead atoms. The molecule has 180 valence electrons. The molecule has 12 heteroatoms. The Labute approximate surface area is 213 Å². The third kappa shape index (κ3) is 4.59. The molecule has 3 N–H and O–H groups in total. The minimum Gasteiger partial charge on any atom is -0.373 e. The molecule has 0 radical (unpaired) electrons. The lowest BCUT2D eigenvalue weighted by molar-refractivity contribution is 0.480. The number of pyridine rings is 2. The van der Waals surface area contributed by atoms with Gasteiger partial charge in [0.2, 0.25) is 5.95 Å². The molecule has 0 spiro atoms. The number of H-pyrrole nitrogens is 1. The number of hydrogen-bond donors (Lipinski definition) is 3. The Kier molecular flexibility index (Phi) is 6.29. The zero-order valence-electron chi connectivity index (χ0n) is 18.7. The van der Waals surface area contributed by atoms with Crippen LogP contribution in [0.1, 0.15) is 28.4 Å². The van der Waals surface area contributed by atoms with E-state index in [1.807, 2.05) is 6.07 Å². The number of nitrogens with one attached hydrogen (secondary N) is 3. The second-order valence-electron chi connectivity index (χ2n) is 7.81. The van der Waals surface area contributed by atoms with Gasteiger partial charge in [0.05, 0.1) is 51.3 Å². The second kappa shape index (κ2) is 9.85. The first-order chi connectivity index (χ1) is 18.0. The number of anilines is 3. The van der Waals surface area contributed by atoms with Crippen LogP contribution in [0.2, 0.25) is 5.02 Å². The van der Waals surface area contributed by atoms with Gasteiger partial charge < -0.3 is 10.6 Å². The number of aromatic nitrogens is 5. The number of nitriles is 2. The van der Waals surface area contributed by atoms with Crippen LogP contribution < -0.4 is 10.6 Å². The highest BCUT2D eigenvalue weighted by molar-refractivity contribution is 6.36. The molecule has 37 heavy (non-hydrogen) atoms. The Morgan fingerprint density at radius 1 is 0.973 bits per heavy atom. The van der Waals surface area contributed by atoms with Crippen molar-refractivity contribution in [3.05, 3.63) is 100 Å². The number of aromatic amines is 1. The molecule has 0 amide bonds. The molecular formula is C25H14ClF2N9. The van der Waals surface area contributed by atoms with Crippen molar-refractivity contribution < 1.29 is 8.78 Å². The summed E-state index contributed by atoms with van der Waals surface area (Å²) in [6.45, 7) is 0. The van der Waals surface area contributed by atoms with E-state index in [1.165, 1.54) is 6.20 Å². The summed E-state index contributed by atoms with van der Waals surface area (Å²) >= 11 is 6.57. The van der Waals surface area contributed by atoms with E-state index in [0.717, 1.165) is 12.3 Å². The molecule has 0 saturated carbocycles. The summed E-state index contributed by atoms with van der Waals surface area (Å²) < 4.78 is 27.1. The van der Waals surface area contributed by atoms with Crippen LogP contribution in [0.15, 0.2) is 61.1 Å². The van der Waals surface area contributed by atoms with Crippen molar-refractivity contribution >= 4 is 39.6 Å². The minimum absolute atomic E-state index is 0.126. The molecule has 0 fully saturated rings. The standard InChI is InChI=1S/C25H14ClF2N9/c26-19-6-15(34-24(21-12-33-37-36-21)17-4-2-1-3-13(17)8-29)5-18-22(14(9-30)10-31-23(18)19)35-16-7-20(27)25(28)32-11-16/h1-7,10-12,24,34H,(H,31,35)(H,33,36,37)/t24-/m0/s1. The Hall–Kier alpha value is -5.13. The molecule has 0 saturated heterocycles. The fraction of sp³-hybridized carbons (Fsp3) is 0.0400. The third-order valence-electron chi connectivity index (χ3n) is 5.55. The first-order valence-corrected chi connectivity index (χ1v) is 11.1. The number of nitrogens with zero attached hydrogens (tertiary/aromatic N) is 6. The highest BCUT2D eigenvalue weighted by atomic mass is 35.5. The molecule has 0 aliphatic rings. The summed E-state index contributed by atoms with van der Waals surface area (Å²) in [6, 6.07) is 15.0. The lowest BCUT2D eigenvalue weighted by Crippen LogP contribution is -2.14. The summed E-state index contributed by atoms with van der Waals surface area (Å²) in [6.07, 6.45) is 4.04. The monoisotopic (exact) mass is 513 g/mol. The van der Waals surface area contributed by atoms with Gasteiger partial charge in [-0.2, -0.15) is 14.9 Å². The van der Waals surface area contributed by atoms with Gasteiger partial charge in [-0.3, -0.25) is 10.1 Å². The Morgan fingerprint density at radius 2 is 1.78 bits per heavy atom. The molecule has 1 atom stereocenters. The maximum Gasteiger partial charge on any atom is 0.249 e. The van der Waals surface area contributed by atoms with Crippen LogP contribution in [0.25, 0.3) is 10.9 Å². The zero-order chi connectivity index (χ0) is 25.9. The number of rotatable bonds is 6. The summed E-state index contributed by atoms with van der Waals surface area (Å²) in [5.41, 5.74) is 3.06. The van der Waals surface area contributed by atoms with Gasteiger partial charge in [0, 0.05) is 29.5 Å². The van der Waals surface area contributed by atoms with Crippen molar-refractivity contribution in [3.8, 4) is 12.1 Å². The molecule has 0 aliphatic carbocycles. The van der Waals surface area contributed by atoms with E-state index in [1.54, 1.807) is 42.6 Å². The minimum atomic E-state index is -1.24.